The van der Waals surface area contributed by atoms with Crippen LogP contribution < -0.4 is 4.74 Å². The molecule has 0 aliphatic carbocycles. The van der Waals surface area contributed by atoms with Crippen LogP contribution in [0.5, 0.6) is 5.75 Å². The molecule has 1 aromatic carbocycles. The Morgan fingerprint density at radius 1 is 1.60 bits per heavy atom. The number of hydrogen-bond donors (Lipinski definition) is 1. The highest BCUT2D eigenvalue weighted by Gasteiger charge is 2.31. The van der Waals surface area contributed by atoms with Gasteiger partial charge in [0.05, 0.1) is 6.20 Å². The van der Waals surface area contributed by atoms with Crippen molar-refractivity contribution < 1.29 is 9.53 Å². The predicted octanol–water partition coefficient (Wildman–Crippen LogP) is 2.03. The summed E-state index contributed by atoms with van der Waals surface area (Å²) in [5.74, 6) is 0.697. The van der Waals surface area contributed by atoms with Gasteiger partial charge in [-0.2, -0.15) is 5.10 Å². The van der Waals surface area contributed by atoms with Crippen molar-refractivity contribution in [3.8, 4) is 5.75 Å². The quantitative estimate of drug-likeness (QED) is 0.941. The molecular weight excluding hydrogens is 278 g/mol. The van der Waals surface area contributed by atoms with Gasteiger partial charge in [0.1, 0.15) is 5.75 Å². The van der Waals surface area contributed by atoms with Crippen LogP contribution in [-0.2, 0) is 17.8 Å². The number of halogens is 1. The fourth-order valence-corrected chi connectivity index (χ4v) is 2.51. The Morgan fingerprint density at radius 2 is 2.45 bits per heavy atom. The molecule has 20 heavy (non-hydrogen) atoms. The monoisotopic (exact) mass is 291 g/mol. The van der Waals surface area contributed by atoms with Crippen LogP contribution in [0.3, 0.4) is 0 Å². The molecule has 1 aliphatic heterocycles. The number of likely N-dealkylation sites (N-methyl/N-ethyl adjacent to an activating group) is 1. The van der Waals surface area contributed by atoms with Crippen molar-refractivity contribution >= 4 is 17.5 Å². The van der Waals surface area contributed by atoms with Gasteiger partial charge < -0.3 is 9.64 Å². The van der Waals surface area contributed by atoms with Crippen molar-refractivity contribution in [3.63, 3.8) is 0 Å². The summed E-state index contributed by atoms with van der Waals surface area (Å²) in [6.45, 7) is 0.506. The van der Waals surface area contributed by atoms with E-state index in [1.807, 2.05) is 6.07 Å². The Labute approximate surface area is 121 Å². The first-order valence-electron chi connectivity index (χ1n) is 6.31. The number of H-pyrrole nitrogens is 1. The first kappa shape index (κ1) is 13.0. The third-order valence-electron chi connectivity index (χ3n) is 3.32. The average molecular weight is 292 g/mol. The summed E-state index contributed by atoms with van der Waals surface area (Å²) in [6.07, 6.45) is 3.56. The molecule has 3 rings (SSSR count). The van der Waals surface area contributed by atoms with E-state index in [0.717, 1.165) is 16.9 Å². The van der Waals surface area contributed by atoms with Gasteiger partial charge in [-0.15, -0.1) is 0 Å². The lowest BCUT2D eigenvalue weighted by Crippen LogP contribution is -2.38. The largest absolute Gasteiger partial charge is 0.480 e. The van der Waals surface area contributed by atoms with Gasteiger partial charge in [-0.05, 0) is 23.8 Å². The van der Waals surface area contributed by atoms with Gasteiger partial charge in [-0.25, -0.2) is 0 Å². The van der Waals surface area contributed by atoms with E-state index in [9.17, 15) is 4.79 Å². The van der Waals surface area contributed by atoms with Crippen molar-refractivity contribution in [2.45, 2.75) is 19.1 Å². The molecule has 1 aliphatic rings. The van der Waals surface area contributed by atoms with E-state index in [1.165, 1.54) is 0 Å². The zero-order chi connectivity index (χ0) is 14.1. The topological polar surface area (TPSA) is 58.2 Å². The lowest BCUT2D eigenvalue weighted by atomic mass is 10.1. The third-order valence-corrected chi connectivity index (χ3v) is 3.56. The smallest absolute Gasteiger partial charge is 0.264 e. The van der Waals surface area contributed by atoms with Crippen molar-refractivity contribution in [1.29, 1.82) is 0 Å². The van der Waals surface area contributed by atoms with Gasteiger partial charge in [0, 0.05) is 36.8 Å². The summed E-state index contributed by atoms with van der Waals surface area (Å²) in [4.78, 5) is 14.0. The molecule has 6 heteroatoms. The summed E-state index contributed by atoms with van der Waals surface area (Å²) in [7, 11) is 1.76. The summed E-state index contributed by atoms with van der Waals surface area (Å²) >= 11 is 5.95. The second-order valence-electron chi connectivity index (χ2n) is 4.86. The van der Waals surface area contributed by atoms with Crippen molar-refractivity contribution in [2.75, 3.05) is 7.05 Å². The number of nitrogens with one attached hydrogen (secondary N) is 1. The Morgan fingerprint density at radius 3 is 3.20 bits per heavy atom. The van der Waals surface area contributed by atoms with E-state index in [1.54, 1.807) is 36.5 Å². The number of carbonyl (C=O) groups is 1. The summed E-state index contributed by atoms with van der Waals surface area (Å²) in [6, 6.07) is 5.42. The maximum Gasteiger partial charge on any atom is 0.264 e. The number of nitrogens with zero attached hydrogens (tertiary/aromatic N) is 2. The average Bonchev–Trinajstić information content (AvgIpc) is 3.06. The van der Waals surface area contributed by atoms with Gasteiger partial charge in [0.15, 0.2) is 6.10 Å². The maximum absolute atomic E-state index is 12.4. The first-order chi connectivity index (χ1) is 9.63. The number of aromatic amines is 1. The van der Waals surface area contributed by atoms with Crippen LogP contribution in [0.1, 0.15) is 11.1 Å². The number of amides is 1. The molecule has 0 fully saturated rings. The lowest BCUT2D eigenvalue weighted by molar-refractivity contribution is -0.137. The molecule has 104 valence electrons. The molecule has 1 unspecified atom stereocenters. The van der Waals surface area contributed by atoms with E-state index in [0.29, 0.717) is 18.0 Å². The van der Waals surface area contributed by atoms with Crippen molar-refractivity contribution in [2.24, 2.45) is 0 Å². The Kier molecular flexibility index (Phi) is 3.36. The second kappa shape index (κ2) is 5.17. The summed E-state index contributed by atoms with van der Waals surface area (Å²) in [5.41, 5.74) is 1.94. The fraction of sp³-hybridized carbons (Fsp3) is 0.286. The number of aromatic nitrogens is 2. The molecule has 0 spiro atoms. The molecule has 2 aromatic rings. The van der Waals surface area contributed by atoms with E-state index < -0.39 is 6.10 Å². The Balaban J connectivity index is 1.67. The van der Waals surface area contributed by atoms with E-state index in [4.69, 9.17) is 16.3 Å². The normalized spacial score (nSPS) is 16.6. The molecule has 0 radical (unpaired) electrons. The van der Waals surface area contributed by atoms with Crippen LogP contribution in [0.25, 0.3) is 0 Å². The zero-order valence-corrected chi connectivity index (χ0v) is 11.7. The molecule has 5 nitrogen and oxygen atoms in total. The highest BCUT2D eigenvalue weighted by atomic mass is 35.5. The number of ether oxygens (including phenoxy) is 1. The standard InChI is InChI=1S/C14H14ClN3O2/c1-18(8-9-6-16-17-7-9)14(19)13-5-10-4-11(15)2-3-12(10)20-13/h2-4,6-7,13H,5,8H2,1H3,(H,16,17). The highest BCUT2D eigenvalue weighted by molar-refractivity contribution is 6.30. The minimum absolute atomic E-state index is 0.0430. The number of hydrogen-bond acceptors (Lipinski definition) is 3. The minimum atomic E-state index is -0.472. The van der Waals surface area contributed by atoms with Crippen molar-refractivity contribution in [3.05, 3.63) is 46.7 Å². The zero-order valence-electron chi connectivity index (χ0n) is 11.0. The van der Waals surface area contributed by atoms with E-state index in [2.05, 4.69) is 10.2 Å². The van der Waals surface area contributed by atoms with E-state index >= 15 is 0 Å². The van der Waals surface area contributed by atoms with Gasteiger partial charge in [0.2, 0.25) is 0 Å². The van der Waals surface area contributed by atoms with E-state index in [-0.39, 0.29) is 5.91 Å². The third kappa shape index (κ3) is 2.49. The Hall–Kier alpha value is -2.01. The first-order valence-corrected chi connectivity index (χ1v) is 6.69. The predicted molar refractivity (Wildman–Crippen MR) is 74.6 cm³/mol. The van der Waals surface area contributed by atoms with Crippen molar-refractivity contribution in [1.82, 2.24) is 15.1 Å². The van der Waals surface area contributed by atoms with Gasteiger partial charge in [-0.1, -0.05) is 11.6 Å². The number of carbonyl (C=O) groups excluding carboxylic acids is 1. The van der Waals surface area contributed by atoms with Crippen LogP contribution in [0.15, 0.2) is 30.6 Å². The molecule has 0 saturated heterocycles. The van der Waals surface area contributed by atoms with Crippen LogP contribution in [0.4, 0.5) is 0 Å². The van der Waals surface area contributed by atoms with Crippen LogP contribution in [-0.4, -0.2) is 34.2 Å². The lowest BCUT2D eigenvalue weighted by Gasteiger charge is -2.20. The minimum Gasteiger partial charge on any atom is -0.480 e. The Bertz CT molecular complexity index is 627. The molecular formula is C14H14ClN3O2. The second-order valence-corrected chi connectivity index (χ2v) is 5.30. The van der Waals surface area contributed by atoms with Crippen LogP contribution in [0, 0.1) is 0 Å². The molecule has 0 saturated carbocycles. The van der Waals surface area contributed by atoms with Gasteiger partial charge in [-0.3, -0.25) is 9.89 Å². The maximum atomic E-state index is 12.4. The number of benzene rings is 1. The molecule has 1 aromatic heterocycles. The molecule has 1 atom stereocenters. The van der Waals surface area contributed by atoms with Gasteiger partial charge >= 0.3 is 0 Å². The molecule has 1 N–H and O–H groups in total. The number of fused-ring (bicyclic) bond motifs is 1. The highest BCUT2D eigenvalue weighted by Crippen LogP contribution is 2.31. The summed E-state index contributed by atoms with van der Waals surface area (Å²) in [5, 5.41) is 7.25. The SMILES string of the molecule is CN(Cc1cn[nH]c1)C(=O)C1Cc2cc(Cl)ccc2O1. The van der Waals surface area contributed by atoms with Crippen LogP contribution >= 0.6 is 11.6 Å². The van der Waals surface area contributed by atoms with Gasteiger partial charge in [0.25, 0.3) is 5.91 Å². The molecule has 2 heterocycles. The molecule has 1 amide bonds. The van der Waals surface area contributed by atoms with Crippen LogP contribution in [0.2, 0.25) is 5.02 Å². The molecule has 0 bridgehead atoms. The fourth-order valence-electron chi connectivity index (χ4n) is 2.32. The summed E-state index contributed by atoms with van der Waals surface area (Å²) < 4.78 is 5.69. The number of rotatable bonds is 3.